The first-order valence-electron chi connectivity index (χ1n) is 9.52. The van der Waals surface area contributed by atoms with Crippen LogP contribution in [0.25, 0.3) is 0 Å². The molecule has 0 atom stereocenters. The van der Waals surface area contributed by atoms with Crippen LogP contribution in [-0.2, 0) is 23.0 Å². The Balaban J connectivity index is 1.59. The van der Waals surface area contributed by atoms with E-state index in [1.165, 1.54) is 55.7 Å². The molecule has 0 spiro atoms. The van der Waals surface area contributed by atoms with E-state index in [9.17, 15) is 9.59 Å². The third-order valence-corrected chi connectivity index (χ3v) is 5.94. The quantitative estimate of drug-likeness (QED) is 0.834. The monoisotopic (exact) mass is 364 g/mol. The maximum Gasteiger partial charge on any atom is 0.339 e. The van der Waals surface area contributed by atoms with Crippen molar-refractivity contribution in [2.45, 2.75) is 50.9 Å². The zero-order chi connectivity index (χ0) is 19.0. The second kappa shape index (κ2) is 6.80. The Morgan fingerprint density at radius 1 is 1.07 bits per heavy atom. The van der Waals surface area contributed by atoms with Gasteiger partial charge >= 0.3 is 5.97 Å². The fraction of sp³-hybridized carbons (Fsp3) is 0.409. The first kappa shape index (κ1) is 17.7. The van der Waals surface area contributed by atoms with Gasteiger partial charge in [-0.15, -0.1) is 0 Å². The van der Waals surface area contributed by atoms with E-state index in [-0.39, 0.29) is 11.3 Å². The highest BCUT2D eigenvalue weighted by molar-refractivity contribution is 6.04. The Morgan fingerprint density at radius 3 is 2.30 bits per heavy atom. The van der Waals surface area contributed by atoms with Crippen molar-refractivity contribution >= 4 is 17.7 Å². The normalized spacial score (nSPS) is 17.0. The average molecular weight is 364 g/mol. The maximum absolute atomic E-state index is 12.8. The van der Waals surface area contributed by atoms with Gasteiger partial charge in [-0.25, -0.2) is 9.78 Å². The van der Waals surface area contributed by atoms with E-state index < -0.39 is 5.97 Å². The van der Waals surface area contributed by atoms with Crippen LogP contribution < -0.4 is 5.32 Å². The fourth-order valence-electron chi connectivity index (χ4n) is 4.68. The number of rotatable bonds is 3. The molecule has 0 aliphatic heterocycles. The van der Waals surface area contributed by atoms with Gasteiger partial charge in [-0.3, -0.25) is 4.79 Å². The van der Waals surface area contributed by atoms with Crippen molar-refractivity contribution in [1.29, 1.82) is 0 Å². The number of benzene rings is 1. The molecule has 2 aliphatic carbocycles. The van der Waals surface area contributed by atoms with Crippen LogP contribution in [0.4, 0.5) is 5.82 Å². The Bertz CT molecular complexity index is 871. The number of methoxy groups -OCH3 is 1. The van der Waals surface area contributed by atoms with Crippen LogP contribution in [0.2, 0.25) is 0 Å². The number of nitrogens with one attached hydrogen (secondary N) is 1. The molecule has 27 heavy (non-hydrogen) atoms. The molecule has 140 valence electrons. The molecule has 0 saturated heterocycles. The van der Waals surface area contributed by atoms with Crippen molar-refractivity contribution in [2.24, 2.45) is 0 Å². The van der Waals surface area contributed by atoms with E-state index in [2.05, 4.69) is 34.1 Å². The van der Waals surface area contributed by atoms with Crippen LogP contribution in [0.1, 0.15) is 70.0 Å². The molecule has 0 fully saturated rings. The van der Waals surface area contributed by atoms with Gasteiger partial charge in [0.05, 0.1) is 12.7 Å². The van der Waals surface area contributed by atoms with E-state index in [0.29, 0.717) is 16.9 Å². The smallest absolute Gasteiger partial charge is 0.339 e. The van der Waals surface area contributed by atoms with Crippen molar-refractivity contribution in [3.05, 3.63) is 58.3 Å². The number of aryl methyl sites for hydroxylation is 2. The molecule has 5 heteroatoms. The van der Waals surface area contributed by atoms with E-state index in [4.69, 9.17) is 0 Å². The number of carbonyl (C=O) groups is 2. The Kier molecular flexibility index (Phi) is 4.46. The summed E-state index contributed by atoms with van der Waals surface area (Å²) >= 11 is 0. The Morgan fingerprint density at radius 2 is 1.74 bits per heavy atom. The lowest BCUT2D eigenvalue weighted by Gasteiger charge is -2.41. The number of anilines is 1. The fourth-order valence-corrected chi connectivity index (χ4v) is 4.68. The van der Waals surface area contributed by atoms with Gasteiger partial charge in [0, 0.05) is 11.8 Å². The topological polar surface area (TPSA) is 68.3 Å². The summed E-state index contributed by atoms with van der Waals surface area (Å²) in [4.78, 5) is 28.4. The SMILES string of the molecule is COC(=O)c1ccc(NC(=O)c2cc3c4c(c2)CCCC4(C)CCC3)nc1. The highest BCUT2D eigenvalue weighted by Crippen LogP contribution is 2.46. The lowest BCUT2D eigenvalue weighted by molar-refractivity contribution is 0.0600. The summed E-state index contributed by atoms with van der Waals surface area (Å²) in [5.74, 6) is -0.189. The molecule has 0 saturated carbocycles. The molecule has 1 N–H and O–H groups in total. The highest BCUT2D eigenvalue weighted by Gasteiger charge is 2.36. The summed E-state index contributed by atoms with van der Waals surface area (Å²) in [6.07, 6.45) is 8.36. The Labute approximate surface area is 159 Å². The number of hydrogen-bond donors (Lipinski definition) is 1. The molecule has 1 heterocycles. The van der Waals surface area contributed by atoms with Gasteiger partial charge in [-0.2, -0.15) is 0 Å². The molecule has 4 rings (SSSR count). The van der Waals surface area contributed by atoms with Crippen LogP contribution in [0, 0.1) is 0 Å². The second-order valence-corrected chi connectivity index (χ2v) is 7.82. The van der Waals surface area contributed by atoms with Crippen LogP contribution in [0.3, 0.4) is 0 Å². The minimum absolute atomic E-state index is 0.162. The van der Waals surface area contributed by atoms with Gasteiger partial charge in [0.15, 0.2) is 0 Å². The van der Waals surface area contributed by atoms with E-state index in [1.807, 2.05) is 0 Å². The third kappa shape index (κ3) is 3.22. The van der Waals surface area contributed by atoms with Crippen LogP contribution in [0.5, 0.6) is 0 Å². The highest BCUT2D eigenvalue weighted by atomic mass is 16.5. The van der Waals surface area contributed by atoms with Gasteiger partial charge in [0.1, 0.15) is 5.82 Å². The molecule has 1 amide bonds. The van der Waals surface area contributed by atoms with Crippen molar-refractivity contribution < 1.29 is 14.3 Å². The first-order valence-corrected chi connectivity index (χ1v) is 9.52. The molecule has 2 aliphatic rings. The van der Waals surface area contributed by atoms with Crippen LogP contribution in [0.15, 0.2) is 30.5 Å². The number of hydrogen-bond acceptors (Lipinski definition) is 4. The predicted molar refractivity (Wildman–Crippen MR) is 103 cm³/mol. The number of esters is 1. The van der Waals surface area contributed by atoms with Crippen molar-refractivity contribution in [3.8, 4) is 0 Å². The maximum atomic E-state index is 12.8. The molecular weight excluding hydrogens is 340 g/mol. The van der Waals surface area contributed by atoms with Gasteiger partial charge in [0.25, 0.3) is 5.91 Å². The summed E-state index contributed by atoms with van der Waals surface area (Å²) in [6, 6.07) is 7.32. The molecule has 0 radical (unpaired) electrons. The summed E-state index contributed by atoms with van der Waals surface area (Å²) in [5, 5.41) is 2.84. The number of pyridine rings is 1. The molecule has 2 aromatic rings. The zero-order valence-corrected chi connectivity index (χ0v) is 15.8. The molecule has 5 nitrogen and oxygen atoms in total. The number of nitrogens with zero attached hydrogens (tertiary/aromatic N) is 1. The summed E-state index contributed by atoms with van der Waals surface area (Å²) in [5.41, 5.74) is 5.49. The number of ether oxygens (including phenoxy) is 1. The Hall–Kier alpha value is -2.69. The summed E-state index contributed by atoms with van der Waals surface area (Å²) in [7, 11) is 1.32. The zero-order valence-electron chi connectivity index (χ0n) is 15.8. The largest absolute Gasteiger partial charge is 0.465 e. The van der Waals surface area contributed by atoms with Crippen molar-refractivity contribution in [1.82, 2.24) is 4.98 Å². The number of amides is 1. The molecule has 0 unspecified atom stereocenters. The first-order chi connectivity index (χ1) is 13.0. The van der Waals surface area contributed by atoms with Gasteiger partial charge < -0.3 is 10.1 Å². The van der Waals surface area contributed by atoms with Crippen molar-refractivity contribution in [2.75, 3.05) is 12.4 Å². The average Bonchev–Trinajstić information content (AvgIpc) is 2.67. The predicted octanol–water partition coefficient (Wildman–Crippen LogP) is 4.05. The van der Waals surface area contributed by atoms with E-state index >= 15 is 0 Å². The second-order valence-electron chi connectivity index (χ2n) is 7.82. The minimum Gasteiger partial charge on any atom is -0.465 e. The molecule has 1 aromatic heterocycles. The van der Waals surface area contributed by atoms with Crippen LogP contribution >= 0.6 is 0 Å². The summed E-state index contributed by atoms with van der Waals surface area (Å²) < 4.78 is 4.66. The standard InChI is InChI=1S/C22H24N2O3/c1-22-9-3-5-14-11-17(12-15(19(14)22)6-4-10-22)20(25)24-18-8-7-16(13-23-18)21(26)27-2/h7-8,11-13H,3-6,9-10H2,1-2H3,(H,23,24,25). The molecular formula is C22H24N2O3. The summed E-state index contributed by atoms with van der Waals surface area (Å²) in [6.45, 7) is 2.38. The lowest BCUT2D eigenvalue weighted by atomic mass is 9.63. The van der Waals surface area contributed by atoms with E-state index in [0.717, 1.165) is 12.8 Å². The van der Waals surface area contributed by atoms with Crippen LogP contribution in [-0.4, -0.2) is 24.0 Å². The van der Waals surface area contributed by atoms with Crippen molar-refractivity contribution in [3.63, 3.8) is 0 Å². The number of aromatic nitrogens is 1. The van der Waals surface area contributed by atoms with E-state index in [1.54, 1.807) is 12.1 Å². The minimum atomic E-state index is -0.447. The van der Waals surface area contributed by atoms with Gasteiger partial charge in [-0.1, -0.05) is 6.92 Å². The number of carbonyl (C=O) groups excluding carboxylic acids is 2. The molecule has 1 aromatic carbocycles. The lowest BCUT2D eigenvalue weighted by Crippen LogP contribution is -2.33. The van der Waals surface area contributed by atoms with Gasteiger partial charge in [0.2, 0.25) is 0 Å². The molecule has 0 bridgehead atoms. The van der Waals surface area contributed by atoms with Gasteiger partial charge in [-0.05, 0) is 84.9 Å². The third-order valence-electron chi connectivity index (χ3n) is 5.94.